The van der Waals surface area contributed by atoms with Crippen molar-refractivity contribution < 1.29 is 14.0 Å². The molecule has 0 aromatic heterocycles. The molecule has 0 aliphatic carbocycles. The van der Waals surface area contributed by atoms with Crippen LogP contribution >= 0.6 is 0 Å². The van der Waals surface area contributed by atoms with Gasteiger partial charge in [-0.2, -0.15) is 0 Å². The van der Waals surface area contributed by atoms with Crippen molar-refractivity contribution in [2.24, 2.45) is 5.73 Å². The minimum atomic E-state index is -0.497. The number of likely N-dealkylation sites (N-methyl/N-ethyl adjacent to an activating group) is 1. The van der Waals surface area contributed by atoms with Crippen LogP contribution in [0, 0.1) is 5.82 Å². The van der Waals surface area contributed by atoms with Crippen molar-refractivity contribution in [1.29, 1.82) is 0 Å². The summed E-state index contributed by atoms with van der Waals surface area (Å²) in [5.74, 6) is -0.982. The lowest BCUT2D eigenvalue weighted by Crippen LogP contribution is -2.34. The molecule has 0 aliphatic heterocycles. The number of carbonyl (C=O) groups excluding carboxylic acids is 2. The Morgan fingerprint density at radius 3 is 2.75 bits per heavy atom. The van der Waals surface area contributed by atoms with Crippen molar-refractivity contribution in [1.82, 2.24) is 0 Å². The van der Waals surface area contributed by atoms with Gasteiger partial charge >= 0.3 is 0 Å². The minimum Gasteiger partial charge on any atom is -0.368 e. The first-order valence-corrected chi connectivity index (χ1v) is 4.86. The summed E-state index contributed by atoms with van der Waals surface area (Å²) in [6.45, 7) is 2.33. The van der Waals surface area contributed by atoms with Gasteiger partial charge in [-0.05, 0) is 25.1 Å². The predicted molar refractivity (Wildman–Crippen MR) is 58.9 cm³/mol. The van der Waals surface area contributed by atoms with E-state index in [-0.39, 0.29) is 12.1 Å². The molecule has 0 unspecified atom stereocenters. The van der Waals surface area contributed by atoms with E-state index in [1.165, 1.54) is 12.1 Å². The molecule has 0 radical (unpaired) electrons. The fraction of sp³-hybridized carbons (Fsp3) is 0.273. The van der Waals surface area contributed by atoms with E-state index in [4.69, 9.17) is 5.73 Å². The number of nitrogens with zero attached hydrogens (tertiary/aromatic N) is 1. The summed E-state index contributed by atoms with van der Waals surface area (Å²) in [7, 11) is 0. The third-order valence-electron chi connectivity index (χ3n) is 2.19. The number of benzene rings is 1. The number of nitrogens with two attached hydrogens (primary N) is 1. The molecular weight excluding hydrogens is 211 g/mol. The summed E-state index contributed by atoms with van der Waals surface area (Å²) < 4.78 is 12.9. The molecule has 1 rings (SSSR count). The highest BCUT2D eigenvalue weighted by Gasteiger charge is 2.12. The lowest BCUT2D eigenvalue weighted by atomic mass is 10.1. The zero-order chi connectivity index (χ0) is 12.1. The van der Waals surface area contributed by atoms with Gasteiger partial charge in [0.1, 0.15) is 5.82 Å². The number of hydrogen-bond acceptors (Lipinski definition) is 3. The fourth-order valence-electron chi connectivity index (χ4n) is 1.46. The topological polar surface area (TPSA) is 63.4 Å². The van der Waals surface area contributed by atoms with Gasteiger partial charge in [-0.1, -0.05) is 0 Å². The van der Waals surface area contributed by atoms with E-state index in [1.54, 1.807) is 4.90 Å². The van der Waals surface area contributed by atoms with Crippen molar-refractivity contribution in [2.45, 2.75) is 6.92 Å². The van der Waals surface area contributed by atoms with Crippen molar-refractivity contribution >= 4 is 17.9 Å². The third kappa shape index (κ3) is 2.79. The van der Waals surface area contributed by atoms with Crippen LogP contribution in [0.4, 0.5) is 10.1 Å². The van der Waals surface area contributed by atoms with Crippen LogP contribution in [-0.2, 0) is 4.79 Å². The molecule has 0 bridgehead atoms. The average Bonchev–Trinajstić information content (AvgIpc) is 2.25. The number of hydrogen-bond donors (Lipinski definition) is 1. The number of carbonyl (C=O) groups is 2. The van der Waals surface area contributed by atoms with Crippen LogP contribution in [-0.4, -0.2) is 25.3 Å². The van der Waals surface area contributed by atoms with Crippen LogP contribution in [0.2, 0.25) is 0 Å². The Morgan fingerprint density at radius 2 is 2.25 bits per heavy atom. The van der Waals surface area contributed by atoms with Gasteiger partial charge in [0.2, 0.25) is 5.91 Å². The molecule has 0 atom stereocenters. The second-order valence-corrected chi connectivity index (χ2v) is 3.30. The Labute approximate surface area is 92.8 Å². The van der Waals surface area contributed by atoms with E-state index >= 15 is 0 Å². The van der Waals surface area contributed by atoms with E-state index in [0.717, 1.165) is 6.07 Å². The van der Waals surface area contributed by atoms with Crippen LogP contribution in [0.1, 0.15) is 17.3 Å². The Bertz CT molecular complexity index is 407. The summed E-state index contributed by atoms with van der Waals surface area (Å²) in [4.78, 5) is 23.2. The van der Waals surface area contributed by atoms with Crippen molar-refractivity contribution in [3.63, 3.8) is 0 Å². The van der Waals surface area contributed by atoms with E-state index in [1.807, 2.05) is 6.92 Å². The van der Waals surface area contributed by atoms with Crippen molar-refractivity contribution in [3.8, 4) is 0 Å². The molecular formula is C11H13FN2O2. The van der Waals surface area contributed by atoms with Gasteiger partial charge < -0.3 is 10.6 Å². The number of anilines is 1. The molecule has 0 fully saturated rings. The van der Waals surface area contributed by atoms with Crippen LogP contribution in [0.5, 0.6) is 0 Å². The molecule has 1 aromatic rings. The van der Waals surface area contributed by atoms with Crippen LogP contribution in [0.3, 0.4) is 0 Å². The quantitative estimate of drug-likeness (QED) is 0.757. The number of rotatable bonds is 5. The molecule has 5 heteroatoms. The molecule has 1 amide bonds. The molecule has 86 valence electrons. The lowest BCUT2D eigenvalue weighted by molar-refractivity contribution is -0.116. The molecule has 1 aromatic carbocycles. The zero-order valence-electron chi connectivity index (χ0n) is 8.94. The second-order valence-electron chi connectivity index (χ2n) is 3.30. The van der Waals surface area contributed by atoms with E-state index in [2.05, 4.69) is 0 Å². The number of amides is 1. The zero-order valence-corrected chi connectivity index (χ0v) is 8.94. The van der Waals surface area contributed by atoms with Gasteiger partial charge in [0.15, 0.2) is 6.29 Å². The first-order chi connectivity index (χ1) is 7.58. The summed E-state index contributed by atoms with van der Waals surface area (Å²) in [6.07, 6.45) is 0.558. The summed E-state index contributed by atoms with van der Waals surface area (Å²) in [6, 6.07) is 3.84. The third-order valence-corrected chi connectivity index (χ3v) is 2.19. The monoisotopic (exact) mass is 224 g/mol. The van der Waals surface area contributed by atoms with Crippen molar-refractivity contribution in [2.75, 3.05) is 18.0 Å². The highest BCUT2D eigenvalue weighted by Crippen LogP contribution is 2.19. The second kappa shape index (κ2) is 5.25. The lowest BCUT2D eigenvalue weighted by Gasteiger charge is -2.22. The molecule has 0 aliphatic rings. The standard InChI is InChI=1S/C11H13FN2O2/c1-2-14(6-11(13)16)10-4-3-9(12)5-8(10)7-15/h3-5,7H,2,6H2,1H3,(H2,13,16). The van der Waals surface area contributed by atoms with Gasteiger partial charge in [0, 0.05) is 17.8 Å². The summed E-state index contributed by atoms with van der Waals surface area (Å²) in [5, 5.41) is 0. The van der Waals surface area contributed by atoms with Crippen LogP contribution in [0.25, 0.3) is 0 Å². The molecule has 16 heavy (non-hydrogen) atoms. The average molecular weight is 224 g/mol. The first kappa shape index (κ1) is 12.2. The van der Waals surface area contributed by atoms with E-state index < -0.39 is 11.7 Å². The SMILES string of the molecule is CCN(CC(N)=O)c1ccc(F)cc1C=O. The number of primary amides is 1. The molecule has 0 spiro atoms. The van der Waals surface area contributed by atoms with Gasteiger partial charge in [0.05, 0.1) is 6.54 Å². The maximum atomic E-state index is 12.9. The minimum absolute atomic E-state index is 0.00295. The van der Waals surface area contributed by atoms with Gasteiger partial charge in [-0.3, -0.25) is 9.59 Å². The summed E-state index contributed by atoms with van der Waals surface area (Å²) >= 11 is 0. The molecule has 0 heterocycles. The van der Waals surface area contributed by atoms with Crippen LogP contribution in [0.15, 0.2) is 18.2 Å². The van der Waals surface area contributed by atoms with E-state index in [9.17, 15) is 14.0 Å². The molecule has 0 saturated carbocycles. The molecule has 2 N–H and O–H groups in total. The first-order valence-electron chi connectivity index (χ1n) is 4.86. The smallest absolute Gasteiger partial charge is 0.236 e. The molecule has 0 saturated heterocycles. The summed E-state index contributed by atoms with van der Waals surface area (Å²) in [5.41, 5.74) is 5.81. The maximum absolute atomic E-state index is 12.9. The fourth-order valence-corrected chi connectivity index (χ4v) is 1.46. The van der Waals surface area contributed by atoms with E-state index in [0.29, 0.717) is 18.5 Å². The number of halogens is 1. The largest absolute Gasteiger partial charge is 0.368 e. The number of aldehydes is 1. The van der Waals surface area contributed by atoms with Crippen LogP contribution < -0.4 is 10.6 Å². The highest BCUT2D eigenvalue weighted by atomic mass is 19.1. The Morgan fingerprint density at radius 1 is 1.56 bits per heavy atom. The highest BCUT2D eigenvalue weighted by molar-refractivity contribution is 5.87. The van der Waals surface area contributed by atoms with Gasteiger partial charge in [-0.15, -0.1) is 0 Å². The Balaban J connectivity index is 3.08. The van der Waals surface area contributed by atoms with Gasteiger partial charge in [-0.25, -0.2) is 4.39 Å². The molecule has 4 nitrogen and oxygen atoms in total. The van der Waals surface area contributed by atoms with Gasteiger partial charge in [0.25, 0.3) is 0 Å². The maximum Gasteiger partial charge on any atom is 0.236 e. The van der Waals surface area contributed by atoms with Crippen molar-refractivity contribution in [3.05, 3.63) is 29.6 Å². The normalized spacial score (nSPS) is 9.88. The predicted octanol–water partition coefficient (Wildman–Crippen LogP) is 0.950. The Kier molecular flexibility index (Phi) is 3.99. The Hall–Kier alpha value is -1.91.